The average molecular weight is 684 g/mol. The van der Waals surface area contributed by atoms with Crippen LogP contribution < -0.4 is 15.6 Å². The van der Waals surface area contributed by atoms with Crippen molar-refractivity contribution in [2.45, 2.75) is 23.9 Å². The van der Waals surface area contributed by atoms with Crippen LogP contribution in [0.2, 0.25) is 10.0 Å². The van der Waals surface area contributed by atoms with E-state index < -0.39 is 29.3 Å². The van der Waals surface area contributed by atoms with E-state index in [4.69, 9.17) is 32.7 Å². The summed E-state index contributed by atoms with van der Waals surface area (Å²) in [5, 5.41) is 7.05. The number of fused-ring (bicyclic) bond motifs is 2. The van der Waals surface area contributed by atoms with Crippen molar-refractivity contribution in [1.82, 2.24) is 20.2 Å². The van der Waals surface area contributed by atoms with E-state index in [0.717, 1.165) is 4.88 Å². The summed E-state index contributed by atoms with van der Waals surface area (Å²) in [5.41, 5.74) is 0.925. The lowest BCUT2D eigenvalue weighted by atomic mass is 9.98. The van der Waals surface area contributed by atoms with Gasteiger partial charge in [0.1, 0.15) is 36.2 Å². The maximum Gasteiger partial charge on any atom is 0.333 e. The van der Waals surface area contributed by atoms with Gasteiger partial charge in [0.05, 0.1) is 22.9 Å². The summed E-state index contributed by atoms with van der Waals surface area (Å²) in [4.78, 5) is 61.7. The Morgan fingerprint density at radius 2 is 1.93 bits per heavy atom. The lowest BCUT2D eigenvalue weighted by molar-refractivity contribution is -0.162. The first kappa shape index (κ1) is 30.9. The molecule has 1 fully saturated rings. The van der Waals surface area contributed by atoms with Gasteiger partial charge in [-0.1, -0.05) is 41.9 Å². The van der Waals surface area contributed by atoms with Crippen molar-refractivity contribution in [3.8, 4) is 17.1 Å². The van der Waals surface area contributed by atoms with Crippen LogP contribution in [-0.4, -0.2) is 63.3 Å². The van der Waals surface area contributed by atoms with Gasteiger partial charge in [-0.2, -0.15) is 0 Å². The molecule has 10 nitrogen and oxygen atoms in total. The molecule has 230 valence electrons. The molecule has 45 heavy (non-hydrogen) atoms. The molecule has 14 heteroatoms. The molecule has 4 heterocycles. The van der Waals surface area contributed by atoms with Crippen LogP contribution >= 0.6 is 46.3 Å². The Labute approximate surface area is 275 Å². The number of hydrogen-bond acceptors (Lipinski definition) is 9. The SMILES string of the molecule is C=CCOC(=O)C1C(COc2ccc(Cl)cc2-c2nc3ccc(Cl)cc3c(=O)[nH]2)=CSC2C(NC(=O)Cc3cccs3)C(=O)N12. The fourth-order valence-electron chi connectivity index (χ4n) is 5.04. The van der Waals surface area contributed by atoms with Gasteiger partial charge >= 0.3 is 5.97 Å². The van der Waals surface area contributed by atoms with Crippen molar-refractivity contribution in [3.05, 3.63) is 103 Å². The van der Waals surface area contributed by atoms with Gasteiger partial charge in [0.2, 0.25) is 11.8 Å². The summed E-state index contributed by atoms with van der Waals surface area (Å²) in [5.74, 6) is -0.777. The molecular weight excluding hydrogens is 659 g/mol. The van der Waals surface area contributed by atoms with Gasteiger partial charge in [0.25, 0.3) is 5.56 Å². The number of amides is 2. The van der Waals surface area contributed by atoms with Gasteiger partial charge in [0.15, 0.2) is 6.04 Å². The summed E-state index contributed by atoms with van der Waals surface area (Å²) in [6.45, 7) is 3.44. The first-order valence-electron chi connectivity index (χ1n) is 13.6. The van der Waals surface area contributed by atoms with E-state index in [1.165, 1.54) is 40.1 Å². The molecule has 1 saturated heterocycles. The van der Waals surface area contributed by atoms with E-state index >= 15 is 0 Å². The molecule has 3 atom stereocenters. The highest BCUT2D eigenvalue weighted by atomic mass is 35.5. The van der Waals surface area contributed by atoms with Gasteiger partial charge < -0.3 is 24.7 Å². The summed E-state index contributed by atoms with van der Waals surface area (Å²) < 4.78 is 11.5. The van der Waals surface area contributed by atoms with E-state index in [-0.39, 0.29) is 36.9 Å². The Morgan fingerprint density at radius 3 is 2.71 bits per heavy atom. The second kappa shape index (κ2) is 13.1. The molecule has 0 spiro atoms. The number of H-pyrrole nitrogens is 1. The normalized spacial score (nSPS) is 18.9. The Bertz CT molecular complexity index is 1910. The number of nitrogens with zero attached hydrogens (tertiary/aromatic N) is 2. The molecule has 6 rings (SSSR count). The van der Waals surface area contributed by atoms with Crippen molar-refractivity contribution >= 4 is 75.0 Å². The van der Waals surface area contributed by atoms with Crippen LogP contribution in [0.15, 0.2) is 82.3 Å². The Kier molecular flexibility index (Phi) is 8.99. The fourth-order valence-corrected chi connectivity index (χ4v) is 7.30. The quantitative estimate of drug-likeness (QED) is 0.136. The van der Waals surface area contributed by atoms with Crippen molar-refractivity contribution < 1.29 is 23.9 Å². The topological polar surface area (TPSA) is 131 Å². The Morgan fingerprint density at radius 1 is 1.13 bits per heavy atom. The van der Waals surface area contributed by atoms with Gasteiger partial charge in [-0.05, 0) is 53.3 Å². The number of benzene rings is 2. The molecule has 3 unspecified atom stereocenters. The van der Waals surface area contributed by atoms with E-state index in [1.54, 1.807) is 35.7 Å². The Balaban J connectivity index is 1.24. The standard InChI is InChI=1S/C31H24Cl2N4O6S2/c1-2-9-42-31(41)26-16(15-45-30-25(29(40)37(26)30)35-24(38)13-19-4-3-10-44-19)14-43-23-8-6-18(33)12-21(23)27-34-22-7-5-17(32)11-20(22)28(39)36-27/h2-8,10-12,15,25-26,30H,1,9,13-14H2,(H,35,38)(H,34,36,39). The first-order valence-corrected chi connectivity index (χ1v) is 16.2. The number of thiophene rings is 1. The van der Waals surface area contributed by atoms with Crippen LogP contribution in [-0.2, 0) is 25.5 Å². The summed E-state index contributed by atoms with van der Waals surface area (Å²) >= 11 is 15.1. The highest BCUT2D eigenvalue weighted by molar-refractivity contribution is 8.03. The van der Waals surface area contributed by atoms with Crippen molar-refractivity contribution in [1.29, 1.82) is 0 Å². The van der Waals surface area contributed by atoms with Crippen LogP contribution in [0, 0.1) is 0 Å². The predicted octanol–water partition coefficient (Wildman–Crippen LogP) is 4.96. The molecule has 0 saturated carbocycles. The monoisotopic (exact) mass is 682 g/mol. The molecule has 2 N–H and O–H groups in total. The summed E-state index contributed by atoms with van der Waals surface area (Å²) in [6, 6.07) is 11.5. The minimum absolute atomic E-state index is 0.0438. The largest absolute Gasteiger partial charge is 0.488 e. The lowest BCUT2D eigenvalue weighted by Crippen LogP contribution is -2.74. The molecule has 2 aliphatic rings. The van der Waals surface area contributed by atoms with E-state index in [2.05, 4.69) is 21.9 Å². The maximum absolute atomic E-state index is 13.3. The number of esters is 1. The maximum atomic E-state index is 13.3. The first-order chi connectivity index (χ1) is 21.7. The number of thioether (sulfide) groups is 1. The number of β-lactam (4-membered cyclic amide) rings is 1. The number of ether oxygens (including phenoxy) is 2. The average Bonchev–Trinajstić information content (AvgIpc) is 3.54. The number of rotatable bonds is 10. The van der Waals surface area contributed by atoms with Crippen molar-refractivity contribution in [2.75, 3.05) is 13.2 Å². The molecule has 2 aliphatic heterocycles. The molecule has 2 aromatic heterocycles. The lowest BCUT2D eigenvalue weighted by Gasteiger charge is -2.51. The minimum Gasteiger partial charge on any atom is -0.488 e. The number of carbonyl (C=O) groups excluding carboxylic acids is 3. The van der Waals surface area contributed by atoms with Crippen LogP contribution in [0.25, 0.3) is 22.3 Å². The van der Waals surface area contributed by atoms with E-state index in [1.807, 2.05) is 17.5 Å². The molecule has 2 aromatic carbocycles. The van der Waals surface area contributed by atoms with Gasteiger partial charge in [-0.15, -0.1) is 23.1 Å². The van der Waals surface area contributed by atoms with Crippen LogP contribution in [0.3, 0.4) is 0 Å². The summed E-state index contributed by atoms with van der Waals surface area (Å²) in [7, 11) is 0. The Hall–Kier alpha value is -4.10. The molecule has 2 amide bonds. The van der Waals surface area contributed by atoms with Crippen molar-refractivity contribution in [2.24, 2.45) is 0 Å². The number of hydrogen-bond donors (Lipinski definition) is 2. The van der Waals surface area contributed by atoms with Crippen molar-refractivity contribution in [3.63, 3.8) is 0 Å². The second-order valence-corrected chi connectivity index (χ2v) is 13.0. The van der Waals surface area contributed by atoms with E-state index in [9.17, 15) is 19.2 Å². The number of halogens is 2. The minimum atomic E-state index is -1.08. The zero-order valence-electron chi connectivity index (χ0n) is 23.3. The second-order valence-electron chi connectivity index (χ2n) is 10.1. The fraction of sp³-hybridized carbons (Fsp3) is 0.194. The highest BCUT2D eigenvalue weighted by Gasteiger charge is 2.56. The predicted molar refractivity (Wildman–Crippen MR) is 175 cm³/mol. The summed E-state index contributed by atoms with van der Waals surface area (Å²) in [6.07, 6.45) is 1.59. The highest BCUT2D eigenvalue weighted by Crippen LogP contribution is 2.41. The third-order valence-electron chi connectivity index (χ3n) is 7.12. The van der Waals surface area contributed by atoms with Gasteiger partial charge in [-0.3, -0.25) is 14.4 Å². The van der Waals surface area contributed by atoms with Crippen LogP contribution in [0.4, 0.5) is 0 Å². The third-order valence-corrected chi connectivity index (χ3v) is 9.69. The van der Waals surface area contributed by atoms with Crippen LogP contribution in [0.1, 0.15) is 4.88 Å². The molecule has 0 aliphatic carbocycles. The zero-order valence-corrected chi connectivity index (χ0v) is 26.5. The van der Waals surface area contributed by atoms with Gasteiger partial charge in [-0.25, -0.2) is 9.78 Å². The number of aromatic nitrogens is 2. The van der Waals surface area contributed by atoms with E-state index in [0.29, 0.717) is 37.8 Å². The molecule has 4 aromatic rings. The third kappa shape index (κ3) is 6.36. The smallest absolute Gasteiger partial charge is 0.333 e. The molecule has 0 radical (unpaired) electrons. The molecule has 0 bridgehead atoms. The zero-order chi connectivity index (χ0) is 31.7. The number of nitrogens with one attached hydrogen (secondary N) is 2. The number of carbonyl (C=O) groups is 3. The molecular formula is C31H24Cl2N4O6S2. The van der Waals surface area contributed by atoms with Gasteiger partial charge in [0, 0.05) is 20.5 Å². The number of aromatic amines is 1. The van der Waals surface area contributed by atoms with Crippen LogP contribution in [0.5, 0.6) is 5.75 Å².